The fourth-order valence-electron chi connectivity index (χ4n) is 2.48. The van der Waals surface area contributed by atoms with Crippen LogP contribution in [-0.4, -0.2) is 45.1 Å². The molecule has 0 amide bonds. The number of benzene rings is 1. The average molecular weight is 314 g/mol. The van der Waals surface area contributed by atoms with E-state index >= 15 is 0 Å². The molecule has 1 aliphatic rings. The van der Waals surface area contributed by atoms with Crippen LogP contribution in [0.3, 0.4) is 0 Å². The van der Waals surface area contributed by atoms with Crippen molar-refractivity contribution in [2.45, 2.75) is 18.8 Å². The largest absolute Gasteiger partial charge is 0.353 e. The predicted molar refractivity (Wildman–Crippen MR) is 87.2 cm³/mol. The van der Waals surface area contributed by atoms with Gasteiger partial charge in [0.15, 0.2) is 9.84 Å². The lowest BCUT2D eigenvalue weighted by Crippen LogP contribution is -2.47. The molecule has 1 atom stereocenters. The van der Waals surface area contributed by atoms with Gasteiger partial charge in [-0.15, -0.1) is 0 Å². The highest BCUT2D eigenvalue weighted by atomic mass is 32.2. The quantitative estimate of drug-likeness (QED) is 0.915. The Morgan fingerprint density at radius 3 is 2.80 bits per heavy atom. The van der Waals surface area contributed by atoms with Crippen molar-refractivity contribution in [1.29, 1.82) is 0 Å². The zero-order valence-corrected chi connectivity index (χ0v) is 13.9. The zero-order valence-electron chi connectivity index (χ0n) is 12.2. The molecule has 0 saturated carbocycles. The number of rotatable bonds is 4. The minimum atomic E-state index is -3.06. The molecule has 1 aromatic rings. The van der Waals surface area contributed by atoms with Crippen molar-refractivity contribution in [3.63, 3.8) is 0 Å². The highest BCUT2D eigenvalue weighted by molar-refractivity contribution is 8.01. The smallest absolute Gasteiger partial charge is 0.169 e. The fraction of sp³-hybridized carbons (Fsp3) is 0.571. The molecule has 1 aliphatic heterocycles. The second kappa shape index (κ2) is 6.37. The third kappa shape index (κ3) is 3.48. The normalized spacial score (nSPS) is 20.1. The average Bonchev–Trinajstić information content (AvgIpc) is 2.40. The summed E-state index contributed by atoms with van der Waals surface area (Å²) in [6, 6.07) is 6.22. The Labute approximate surface area is 125 Å². The molecule has 0 spiro atoms. The van der Waals surface area contributed by atoms with Gasteiger partial charge >= 0.3 is 0 Å². The van der Waals surface area contributed by atoms with E-state index in [1.807, 2.05) is 18.0 Å². The molecule has 1 saturated heterocycles. The number of thioether (sulfide) groups is 1. The van der Waals surface area contributed by atoms with E-state index in [0.717, 1.165) is 24.5 Å². The van der Waals surface area contributed by atoms with E-state index in [-0.39, 0.29) is 0 Å². The molecule has 0 aromatic heterocycles. The lowest BCUT2D eigenvalue weighted by molar-refractivity contribution is 0.584. The van der Waals surface area contributed by atoms with Crippen molar-refractivity contribution in [2.24, 2.45) is 0 Å². The van der Waals surface area contributed by atoms with Gasteiger partial charge in [-0.2, -0.15) is 11.8 Å². The number of hydrogen-bond donors (Lipinski definition) is 1. The molecule has 0 bridgehead atoms. The van der Waals surface area contributed by atoms with Crippen molar-refractivity contribution in [3.05, 3.63) is 29.3 Å². The summed E-state index contributed by atoms with van der Waals surface area (Å²) in [5.74, 6) is 1.62. The second-order valence-corrected chi connectivity index (χ2v) is 8.55. The van der Waals surface area contributed by atoms with Crippen LogP contribution in [0, 0.1) is 6.92 Å². The summed E-state index contributed by atoms with van der Waals surface area (Å²) in [4.78, 5) is 2.03. The third-order valence-electron chi connectivity index (χ3n) is 3.60. The topological polar surface area (TPSA) is 49.4 Å². The Bertz CT molecular complexity index is 573. The van der Waals surface area contributed by atoms with E-state index in [2.05, 4.69) is 24.4 Å². The number of nitrogens with zero attached hydrogens (tertiary/aromatic N) is 1. The van der Waals surface area contributed by atoms with Gasteiger partial charge in [0.1, 0.15) is 5.37 Å². The van der Waals surface area contributed by atoms with Gasteiger partial charge in [0.05, 0.1) is 0 Å². The minimum absolute atomic E-state index is 0.407. The summed E-state index contributed by atoms with van der Waals surface area (Å²) >= 11 is 1.71. The highest BCUT2D eigenvalue weighted by Gasteiger charge is 2.31. The summed E-state index contributed by atoms with van der Waals surface area (Å²) in [5, 5.41) is 2.74. The van der Waals surface area contributed by atoms with Gasteiger partial charge in [-0.05, 0) is 37.2 Å². The Morgan fingerprint density at radius 1 is 1.45 bits per heavy atom. The van der Waals surface area contributed by atoms with E-state index in [9.17, 15) is 8.42 Å². The van der Waals surface area contributed by atoms with Crippen molar-refractivity contribution in [1.82, 2.24) is 5.32 Å². The number of aryl methyl sites for hydroxylation is 1. The van der Waals surface area contributed by atoms with Crippen LogP contribution >= 0.6 is 11.8 Å². The SMILES string of the molecule is CNCc1ccc(N2CCSCC2S(C)(=O)=O)cc1C. The van der Waals surface area contributed by atoms with Crippen LogP contribution in [0.25, 0.3) is 0 Å². The van der Waals surface area contributed by atoms with Gasteiger partial charge in [-0.3, -0.25) is 0 Å². The van der Waals surface area contributed by atoms with Crippen molar-refractivity contribution >= 4 is 27.3 Å². The van der Waals surface area contributed by atoms with Gasteiger partial charge in [0.2, 0.25) is 0 Å². The number of hydrogen-bond acceptors (Lipinski definition) is 5. The highest BCUT2D eigenvalue weighted by Crippen LogP contribution is 2.28. The van der Waals surface area contributed by atoms with Crippen molar-refractivity contribution < 1.29 is 8.42 Å². The lowest BCUT2D eigenvalue weighted by Gasteiger charge is -2.36. The maximum Gasteiger partial charge on any atom is 0.169 e. The van der Waals surface area contributed by atoms with Crippen LogP contribution in [0.1, 0.15) is 11.1 Å². The fourth-order valence-corrected chi connectivity index (χ4v) is 5.32. The van der Waals surface area contributed by atoms with Crippen LogP contribution in [0.15, 0.2) is 18.2 Å². The van der Waals surface area contributed by atoms with Crippen molar-refractivity contribution in [3.8, 4) is 0 Å². The monoisotopic (exact) mass is 314 g/mol. The first-order chi connectivity index (χ1) is 9.43. The molecule has 0 radical (unpaired) electrons. The maximum atomic E-state index is 12.0. The number of sulfone groups is 1. The standard InChI is InChI=1S/C14H22N2O2S2/c1-11-8-13(5-4-12(11)9-15-2)16-6-7-19-10-14(16)20(3,17)18/h4-5,8,14-15H,6-7,9-10H2,1-3H3. The first-order valence-corrected chi connectivity index (χ1v) is 9.82. The first kappa shape index (κ1) is 15.7. The molecule has 1 heterocycles. The zero-order chi connectivity index (χ0) is 14.8. The van der Waals surface area contributed by atoms with E-state index < -0.39 is 15.2 Å². The Kier molecular flexibility index (Phi) is 4.99. The van der Waals surface area contributed by atoms with E-state index in [1.54, 1.807) is 11.8 Å². The van der Waals surface area contributed by atoms with Crippen LogP contribution in [0.4, 0.5) is 5.69 Å². The summed E-state index contributed by atoms with van der Waals surface area (Å²) < 4.78 is 23.9. The van der Waals surface area contributed by atoms with Crippen LogP contribution < -0.4 is 10.2 Å². The molecule has 1 N–H and O–H groups in total. The van der Waals surface area contributed by atoms with Gasteiger partial charge in [-0.25, -0.2) is 8.42 Å². The van der Waals surface area contributed by atoms with Gasteiger partial charge in [-0.1, -0.05) is 6.07 Å². The molecule has 20 heavy (non-hydrogen) atoms. The molecule has 1 fully saturated rings. The van der Waals surface area contributed by atoms with Gasteiger partial charge in [0, 0.05) is 36.5 Å². The van der Waals surface area contributed by atoms with Crippen LogP contribution in [-0.2, 0) is 16.4 Å². The molecule has 4 nitrogen and oxygen atoms in total. The lowest BCUT2D eigenvalue weighted by atomic mass is 10.1. The first-order valence-electron chi connectivity index (χ1n) is 6.71. The van der Waals surface area contributed by atoms with Crippen LogP contribution in [0.2, 0.25) is 0 Å². The maximum absolute atomic E-state index is 12.0. The summed E-state index contributed by atoms with van der Waals surface area (Å²) in [6.07, 6.45) is 1.33. The number of anilines is 1. The molecule has 2 rings (SSSR count). The Hall–Kier alpha value is -0.720. The molecule has 1 unspecified atom stereocenters. The van der Waals surface area contributed by atoms with E-state index in [0.29, 0.717) is 5.75 Å². The van der Waals surface area contributed by atoms with Crippen molar-refractivity contribution in [2.75, 3.05) is 36.3 Å². The van der Waals surface area contributed by atoms with Gasteiger partial charge < -0.3 is 10.2 Å². The number of nitrogens with one attached hydrogen (secondary N) is 1. The van der Waals surface area contributed by atoms with E-state index in [4.69, 9.17) is 0 Å². The second-order valence-electron chi connectivity index (χ2n) is 5.19. The molecular formula is C14H22N2O2S2. The molecular weight excluding hydrogens is 292 g/mol. The molecule has 112 valence electrons. The predicted octanol–water partition coefficient (Wildman–Crippen LogP) is 1.64. The summed E-state index contributed by atoms with van der Waals surface area (Å²) in [7, 11) is -1.14. The molecule has 1 aromatic carbocycles. The molecule has 6 heteroatoms. The Morgan fingerprint density at radius 2 is 2.20 bits per heavy atom. The Balaban J connectivity index is 2.31. The van der Waals surface area contributed by atoms with E-state index in [1.165, 1.54) is 17.4 Å². The summed E-state index contributed by atoms with van der Waals surface area (Å²) in [6.45, 7) is 3.69. The third-order valence-corrected chi connectivity index (χ3v) is 6.25. The van der Waals surface area contributed by atoms with Crippen LogP contribution in [0.5, 0.6) is 0 Å². The summed E-state index contributed by atoms with van der Waals surface area (Å²) in [5.41, 5.74) is 3.46. The van der Waals surface area contributed by atoms with Gasteiger partial charge in [0.25, 0.3) is 0 Å². The minimum Gasteiger partial charge on any atom is -0.353 e. The molecule has 0 aliphatic carbocycles.